The highest BCUT2D eigenvalue weighted by Gasteiger charge is 2.54. The molecule has 2 fully saturated rings. The monoisotopic (exact) mass is 398 g/mol. The molecule has 150 valence electrons. The summed E-state index contributed by atoms with van der Waals surface area (Å²) in [4.78, 5) is 27.8. The summed E-state index contributed by atoms with van der Waals surface area (Å²) in [5, 5.41) is 12.9. The molecule has 4 aromatic rings. The number of aromatic amines is 2. The number of rotatable bonds is 3. The molecule has 0 radical (unpaired) electrons. The molecule has 2 aliphatic carbocycles. The fraction of sp³-hybridized carbons (Fsp3) is 0.292. The van der Waals surface area contributed by atoms with Gasteiger partial charge in [0.1, 0.15) is 5.69 Å². The zero-order chi connectivity index (χ0) is 20.3. The first-order chi connectivity index (χ1) is 14.6. The van der Waals surface area contributed by atoms with E-state index in [1.165, 1.54) is 0 Å². The minimum atomic E-state index is -0.133. The smallest absolute Gasteiger partial charge is 0.272 e. The van der Waals surface area contributed by atoms with Crippen molar-refractivity contribution < 1.29 is 4.79 Å². The zero-order valence-corrected chi connectivity index (χ0v) is 16.4. The van der Waals surface area contributed by atoms with Crippen LogP contribution in [0, 0.1) is 5.41 Å². The lowest BCUT2D eigenvalue weighted by atomic mass is 9.49. The number of H-pyrrole nitrogens is 2. The number of nitrogens with one attached hydrogen (secondary N) is 3. The molecule has 1 spiro atoms. The molecule has 0 saturated heterocycles. The van der Waals surface area contributed by atoms with Crippen LogP contribution >= 0.6 is 0 Å². The lowest BCUT2D eigenvalue weighted by Gasteiger charge is -2.57. The third kappa shape index (κ3) is 2.67. The Labute approximate surface area is 172 Å². The van der Waals surface area contributed by atoms with Crippen molar-refractivity contribution in [1.29, 1.82) is 0 Å². The molecule has 2 aliphatic rings. The third-order valence-corrected chi connectivity index (χ3v) is 6.94. The van der Waals surface area contributed by atoms with Crippen LogP contribution in [0.4, 0.5) is 0 Å². The maximum Gasteiger partial charge on any atom is 0.272 e. The Morgan fingerprint density at radius 3 is 2.53 bits per heavy atom. The van der Waals surface area contributed by atoms with Crippen molar-refractivity contribution in [3.8, 4) is 0 Å². The van der Waals surface area contributed by atoms with Crippen molar-refractivity contribution in [3.05, 3.63) is 76.3 Å². The van der Waals surface area contributed by atoms with Gasteiger partial charge < -0.3 is 10.3 Å². The van der Waals surface area contributed by atoms with E-state index in [1.54, 1.807) is 0 Å². The van der Waals surface area contributed by atoms with Crippen molar-refractivity contribution in [2.75, 3.05) is 0 Å². The number of carbonyl (C=O) groups is 1. The van der Waals surface area contributed by atoms with Gasteiger partial charge in [-0.1, -0.05) is 36.4 Å². The Morgan fingerprint density at radius 1 is 1.00 bits per heavy atom. The van der Waals surface area contributed by atoms with Gasteiger partial charge in [0.05, 0.1) is 11.1 Å². The van der Waals surface area contributed by atoms with Crippen LogP contribution in [-0.2, 0) is 0 Å². The molecule has 1 amide bonds. The minimum absolute atomic E-state index is 0.0322. The van der Waals surface area contributed by atoms with Crippen LogP contribution < -0.4 is 10.9 Å². The van der Waals surface area contributed by atoms with Gasteiger partial charge in [-0.25, -0.2) is 5.10 Å². The summed E-state index contributed by atoms with van der Waals surface area (Å²) in [7, 11) is 0. The number of nitrogens with zero attached hydrogens (tertiary/aromatic N) is 1. The lowest BCUT2D eigenvalue weighted by molar-refractivity contribution is -0.0197. The van der Waals surface area contributed by atoms with E-state index >= 15 is 0 Å². The summed E-state index contributed by atoms with van der Waals surface area (Å²) in [5.74, 6) is 0.340. The molecule has 6 rings (SSSR count). The molecule has 6 nitrogen and oxygen atoms in total. The maximum absolute atomic E-state index is 12.6. The zero-order valence-electron chi connectivity index (χ0n) is 16.4. The summed E-state index contributed by atoms with van der Waals surface area (Å²) in [5.41, 5.74) is 2.78. The maximum atomic E-state index is 12.6. The number of carbonyl (C=O) groups excluding carboxylic acids is 1. The van der Waals surface area contributed by atoms with E-state index in [2.05, 4.69) is 20.5 Å². The Balaban J connectivity index is 1.11. The van der Waals surface area contributed by atoms with E-state index in [4.69, 9.17) is 0 Å². The van der Waals surface area contributed by atoms with Crippen LogP contribution in [-0.4, -0.2) is 27.1 Å². The second-order valence-corrected chi connectivity index (χ2v) is 8.94. The number of aromatic nitrogens is 3. The molecule has 2 saturated carbocycles. The summed E-state index contributed by atoms with van der Waals surface area (Å²) in [6.07, 6.45) is 4.15. The fourth-order valence-electron chi connectivity index (χ4n) is 5.51. The van der Waals surface area contributed by atoms with Crippen molar-refractivity contribution in [2.24, 2.45) is 5.41 Å². The van der Waals surface area contributed by atoms with Gasteiger partial charge in [-0.05, 0) is 49.3 Å². The van der Waals surface area contributed by atoms with E-state index in [1.807, 2.05) is 54.6 Å². The molecule has 0 bridgehead atoms. The molecule has 2 heterocycles. The van der Waals surface area contributed by atoms with Crippen LogP contribution in [0.5, 0.6) is 0 Å². The van der Waals surface area contributed by atoms with E-state index in [0.717, 1.165) is 47.7 Å². The highest BCUT2D eigenvalue weighted by atomic mass is 16.2. The number of para-hydroxylation sites is 1. The van der Waals surface area contributed by atoms with Crippen molar-refractivity contribution in [1.82, 2.24) is 20.5 Å². The summed E-state index contributed by atoms with van der Waals surface area (Å²) < 4.78 is 0. The Kier molecular flexibility index (Phi) is 3.66. The van der Waals surface area contributed by atoms with Crippen LogP contribution in [0.3, 0.4) is 0 Å². The number of hydrogen-bond acceptors (Lipinski definition) is 3. The van der Waals surface area contributed by atoms with Crippen LogP contribution in [0.15, 0.2) is 59.4 Å². The van der Waals surface area contributed by atoms with Crippen LogP contribution in [0.2, 0.25) is 0 Å². The van der Waals surface area contributed by atoms with Gasteiger partial charge in [-0.2, -0.15) is 5.10 Å². The Bertz CT molecular complexity index is 1310. The molecule has 0 aliphatic heterocycles. The molecule has 0 atom stereocenters. The predicted octanol–water partition coefficient (Wildman–Crippen LogP) is 3.86. The fourth-order valence-corrected chi connectivity index (χ4v) is 5.51. The quantitative estimate of drug-likeness (QED) is 0.489. The number of amides is 1. The highest BCUT2D eigenvalue weighted by Crippen LogP contribution is 2.62. The topological polar surface area (TPSA) is 90.6 Å². The first-order valence-corrected chi connectivity index (χ1v) is 10.5. The first-order valence-electron chi connectivity index (χ1n) is 10.5. The molecular weight excluding hydrogens is 376 g/mol. The van der Waals surface area contributed by atoms with Crippen LogP contribution in [0.25, 0.3) is 21.7 Å². The van der Waals surface area contributed by atoms with Gasteiger partial charge in [0.15, 0.2) is 0 Å². The molecule has 30 heavy (non-hydrogen) atoms. The van der Waals surface area contributed by atoms with E-state index in [9.17, 15) is 9.59 Å². The second kappa shape index (κ2) is 6.29. The SMILES string of the molecule is O=C(N[C@H]1CC2(C1)C[C@H](c1n[nH]c(=O)c3ccccc31)C2)c1cc2ccccc2[nH]1. The molecule has 2 aromatic carbocycles. The van der Waals surface area contributed by atoms with Gasteiger partial charge in [0.2, 0.25) is 0 Å². The Morgan fingerprint density at radius 2 is 1.73 bits per heavy atom. The van der Waals surface area contributed by atoms with Gasteiger partial charge in [-0.3, -0.25) is 9.59 Å². The largest absolute Gasteiger partial charge is 0.351 e. The van der Waals surface area contributed by atoms with Crippen molar-refractivity contribution >= 4 is 27.6 Å². The molecule has 6 heteroatoms. The summed E-state index contributed by atoms with van der Waals surface area (Å²) in [6, 6.07) is 17.7. The second-order valence-electron chi connectivity index (χ2n) is 8.94. The summed E-state index contributed by atoms with van der Waals surface area (Å²) in [6.45, 7) is 0. The molecule has 3 N–H and O–H groups in total. The number of fused-ring (bicyclic) bond motifs is 2. The van der Waals surface area contributed by atoms with Gasteiger partial charge in [0.25, 0.3) is 11.5 Å². The molecular formula is C24H22N4O2. The average Bonchev–Trinajstić information content (AvgIpc) is 3.14. The molecule has 2 aromatic heterocycles. The number of hydrogen-bond donors (Lipinski definition) is 3. The third-order valence-electron chi connectivity index (χ3n) is 6.94. The van der Waals surface area contributed by atoms with E-state index in [0.29, 0.717) is 22.4 Å². The van der Waals surface area contributed by atoms with E-state index in [-0.39, 0.29) is 17.5 Å². The number of benzene rings is 2. The van der Waals surface area contributed by atoms with Gasteiger partial charge in [0, 0.05) is 28.2 Å². The van der Waals surface area contributed by atoms with Crippen molar-refractivity contribution in [3.63, 3.8) is 0 Å². The van der Waals surface area contributed by atoms with E-state index < -0.39 is 0 Å². The first kappa shape index (κ1) is 17.4. The van der Waals surface area contributed by atoms with Gasteiger partial charge >= 0.3 is 0 Å². The predicted molar refractivity (Wildman–Crippen MR) is 116 cm³/mol. The lowest BCUT2D eigenvalue weighted by Crippen LogP contribution is -2.55. The normalized spacial score (nSPS) is 25.2. The Hall–Kier alpha value is -3.41. The van der Waals surface area contributed by atoms with Gasteiger partial charge in [-0.15, -0.1) is 0 Å². The standard InChI is InChI=1S/C24H22N4O2/c29-22-18-7-3-2-6-17(18)21(27-28-22)15-10-24(11-15)12-16(13-24)25-23(30)20-9-14-5-1-4-8-19(14)26-20/h1-9,15-16,26H,10-13H2,(H,25,30)(H,28,29)/t15-,16-,24?. The minimum Gasteiger partial charge on any atom is -0.351 e. The average molecular weight is 398 g/mol. The molecule has 0 unspecified atom stereocenters. The van der Waals surface area contributed by atoms with Crippen LogP contribution in [0.1, 0.15) is 47.8 Å². The highest BCUT2D eigenvalue weighted by molar-refractivity contribution is 5.98. The van der Waals surface area contributed by atoms with Crippen molar-refractivity contribution in [2.45, 2.75) is 37.6 Å². The summed E-state index contributed by atoms with van der Waals surface area (Å²) >= 11 is 0.